The number of pyridine rings is 1. The molecule has 5 rings (SSSR count). The normalized spacial score (nSPS) is 15.8. The number of nitrogens with one attached hydrogen (secondary N) is 1. The smallest absolute Gasteiger partial charge is 0.243 e. The van der Waals surface area contributed by atoms with Gasteiger partial charge in [-0.15, -0.1) is 0 Å². The van der Waals surface area contributed by atoms with Gasteiger partial charge in [0.15, 0.2) is 0 Å². The van der Waals surface area contributed by atoms with E-state index in [-0.39, 0.29) is 6.04 Å². The molecule has 0 amide bonds. The Hall–Kier alpha value is -3.33. The second kappa shape index (κ2) is 10.7. The number of H-pyrrole nitrogens is 1. The second-order valence-corrected chi connectivity index (χ2v) is 11.4. The number of sulfonamides is 1. The molecule has 0 saturated heterocycles. The Balaban J connectivity index is 1.41. The van der Waals surface area contributed by atoms with Crippen molar-refractivity contribution in [2.75, 3.05) is 7.05 Å². The van der Waals surface area contributed by atoms with Gasteiger partial charge in [-0.05, 0) is 54.2 Å². The lowest BCUT2D eigenvalue weighted by Gasteiger charge is -2.35. The van der Waals surface area contributed by atoms with Crippen molar-refractivity contribution >= 4 is 10.0 Å². The molecule has 1 aliphatic rings. The predicted molar refractivity (Wildman–Crippen MR) is 139 cm³/mol. The van der Waals surface area contributed by atoms with Crippen LogP contribution in [0.2, 0.25) is 0 Å². The van der Waals surface area contributed by atoms with Crippen LogP contribution < -0.4 is 0 Å². The van der Waals surface area contributed by atoms with Crippen LogP contribution in [-0.2, 0) is 36.1 Å². The van der Waals surface area contributed by atoms with E-state index in [1.54, 1.807) is 25.5 Å². The fourth-order valence-corrected chi connectivity index (χ4v) is 6.18. The maximum Gasteiger partial charge on any atom is 0.243 e. The summed E-state index contributed by atoms with van der Waals surface area (Å²) in [6.07, 6.45) is 8.54. The third-order valence-corrected chi connectivity index (χ3v) is 8.57. The quantitative estimate of drug-likeness (QED) is 0.359. The zero-order chi connectivity index (χ0) is 25.0. The van der Waals surface area contributed by atoms with Gasteiger partial charge in [0.25, 0.3) is 0 Å². The minimum atomic E-state index is -3.63. The summed E-state index contributed by atoms with van der Waals surface area (Å²) in [4.78, 5) is 14.8. The van der Waals surface area contributed by atoms with Crippen molar-refractivity contribution in [1.29, 1.82) is 0 Å². The lowest BCUT2D eigenvalue weighted by molar-refractivity contribution is 0.155. The summed E-state index contributed by atoms with van der Waals surface area (Å²) in [6.45, 7) is 1.60. The fourth-order valence-electron chi connectivity index (χ4n) is 4.95. The van der Waals surface area contributed by atoms with Crippen LogP contribution in [0.15, 0.2) is 90.3 Å². The van der Waals surface area contributed by atoms with Crippen LogP contribution in [0, 0.1) is 0 Å². The maximum absolute atomic E-state index is 13.4. The second-order valence-electron chi connectivity index (χ2n) is 9.33. The Morgan fingerprint density at radius 2 is 1.81 bits per heavy atom. The number of aryl methyl sites for hydroxylation is 1. The zero-order valence-corrected chi connectivity index (χ0v) is 21.2. The summed E-state index contributed by atoms with van der Waals surface area (Å²) >= 11 is 0. The number of aromatic nitrogens is 3. The number of hydrogen-bond acceptors (Lipinski definition) is 5. The van der Waals surface area contributed by atoms with Crippen LogP contribution >= 0.6 is 0 Å². The molecule has 0 fully saturated rings. The molecule has 2 aromatic heterocycles. The highest BCUT2D eigenvalue weighted by Gasteiger charge is 2.28. The van der Waals surface area contributed by atoms with Crippen molar-refractivity contribution in [2.24, 2.45) is 0 Å². The van der Waals surface area contributed by atoms with Crippen molar-refractivity contribution < 1.29 is 8.42 Å². The molecule has 0 spiro atoms. The van der Waals surface area contributed by atoms with Crippen LogP contribution in [0.25, 0.3) is 0 Å². The molecule has 0 aliphatic heterocycles. The Kier molecular flexibility index (Phi) is 7.27. The Labute approximate surface area is 212 Å². The molecule has 7 nitrogen and oxygen atoms in total. The van der Waals surface area contributed by atoms with E-state index in [1.807, 2.05) is 60.9 Å². The predicted octanol–water partition coefficient (Wildman–Crippen LogP) is 4.71. The first-order chi connectivity index (χ1) is 17.5. The highest BCUT2D eigenvalue weighted by Crippen LogP contribution is 2.34. The number of nitrogens with zero attached hydrogens (tertiary/aromatic N) is 4. The standard InChI is InChI=1S/C28H31N5O2S/c1-32(18-22-8-3-2-4-9-22)36(34,35)26-13-5-10-23(16-26)19-33(20-25-17-29-21-31-25)27-14-6-11-24-12-7-15-30-28(24)27/h2-5,7-10,12-13,15-17,21,27H,6,11,14,18-20H2,1H3,(H,29,31). The van der Waals surface area contributed by atoms with Crippen LogP contribution in [-0.4, -0.2) is 39.6 Å². The lowest BCUT2D eigenvalue weighted by Crippen LogP contribution is -2.31. The molecule has 186 valence electrons. The molecule has 2 aromatic carbocycles. The SMILES string of the molecule is CN(Cc1ccccc1)S(=O)(=O)c1cccc(CN(Cc2cnc[nH]2)C2CCCc3cccnc32)c1. The third kappa shape index (κ3) is 5.41. The van der Waals surface area contributed by atoms with Gasteiger partial charge in [0.2, 0.25) is 10.0 Å². The first-order valence-corrected chi connectivity index (χ1v) is 13.7. The van der Waals surface area contributed by atoms with E-state index in [0.717, 1.165) is 41.8 Å². The van der Waals surface area contributed by atoms with Crippen molar-refractivity contribution in [3.63, 3.8) is 0 Å². The minimum Gasteiger partial charge on any atom is -0.347 e. The number of rotatable bonds is 9. The molecule has 8 heteroatoms. The van der Waals surface area contributed by atoms with Crippen LogP contribution in [0.3, 0.4) is 0 Å². The molecule has 0 radical (unpaired) electrons. The topological polar surface area (TPSA) is 82.2 Å². The van der Waals surface area contributed by atoms with Crippen molar-refractivity contribution in [2.45, 2.75) is 49.8 Å². The molecule has 4 aromatic rings. The average Bonchev–Trinajstić information content (AvgIpc) is 3.42. The van der Waals surface area contributed by atoms with E-state index < -0.39 is 10.0 Å². The summed E-state index contributed by atoms with van der Waals surface area (Å²) in [5, 5.41) is 0. The van der Waals surface area contributed by atoms with Gasteiger partial charge in [0.1, 0.15) is 0 Å². The lowest BCUT2D eigenvalue weighted by atomic mass is 9.90. The fraction of sp³-hybridized carbons (Fsp3) is 0.286. The molecule has 1 aliphatic carbocycles. The highest BCUT2D eigenvalue weighted by atomic mass is 32.2. The van der Waals surface area contributed by atoms with Crippen molar-refractivity contribution in [3.05, 3.63) is 114 Å². The molecule has 1 unspecified atom stereocenters. The molecule has 1 N–H and O–H groups in total. The van der Waals surface area contributed by atoms with E-state index >= 15 is 0 Å². The van der Waals surface area contributed by atoms with Gasteiger partial charge < -0.3 is 4.98 Å². The monoisotopic (exact) mass is 501 g/mol. The van der Waals surface area contributed by atoms with Gasteiger partial charge in [0.05, 0.1) is 23.0 Å². The van der Waals surface area contributed by atoms with Gasteiger partial charge in [-0.25, -0.2) is 13.4 Å². The van der Waals surface area contributed by atoms with Gasteiger partial charge in [-0.3, -0.25) is 9.88 Å². The zero-order valence-electron chi connectivity index (χ0n) is 20.4. The average molecular weight is 502 g/mol. The summed E-state index contributed by atoms with van der Waals surface area (Å²) in [5.41, 5.74) is 5.34. The minimum absolute atomic E-state index is 0.152. The van der Waals surface area contributed by atoms with Gasteiger partial charge >= 0.3 is 0 Å². The van der Waals surface area contributed by atoms with Crippen LogP contribution in [0.1, 0.15) is 47.0 Å². The number of aromatic amines is 1. The summed E-state index contributed by atoms with van der Waals surface area (Å²) in [6, 6.07) is 21.3. The van der Waals surface area contributed by atoms with E-state index in [2.05, 4.69) is 20.9 Å². The number of fused-ring (bicyclic) bond motifs is 1. The highest BCUT2D eigenvalue weighted by molar-refractivity contribution is 7.89. The van der Waals surface area contributed by atoms with Gasteiger partial charge in [-0.2, -0.15) is 4.31 Å². The Morgan fingerprint density at radius 3 is 2.61 bits per heavy atom. The third-order valence-electron chi connectivity index (χ3n) is 6.77. The first-order valence-electron chi connectivity index (χ1n) is 12.2. The summed E-state index contributed by atoms with van der Waals surface area (Å²) < 4.78 is 28.2. The Bertz CT molecular complexity index is 1390. The van der Waals surface area contributed by atoms with Crippen LogP contribution in [0.5, 0.6) is 0 Å². The molecular formula is C28H31N5O2S. The van der Waals surface area contributed by atoms with E-state index in [0.29, 0.717) is 24.5 Å². The molecule has 36 heavy (non-hydrogen) atoms. The van der Waals surface area contributed by atoms with E-state index in [1.165, 1.54) is 9.87 Å². The van der Waals surface area contributed by atoms with Gasteiger partial charge in [-0.1, -0.05) is 48.5 Å². The molecule has 1 atom stereocenters. The van der Waals surface area contributed by atoms with Crippen LogP contribution in [0.4, 0.5) is 0 Å². The number of hydrogen-bond donors (Lipinski definition) is 1. The van der Waals surface area contributed by atoms with Crippen molar-refractivity contribution in [1.82, 2.24) is 24.2 Å². The summed E-state index contributed by atoms with van der Waals surface area (Å²) in [7, 11) is -2.00. The molecular weight excluding hydrogens is 470 g/mol. The Morgan fingerprint density at radius 1 is 0.972 bits per heavy atom. The number of imidazole rings is 1. The molecule has 2 heterocycles. The van der Waals surface area contributed by atoms with E-state index in [4.69, 9.17) is 4.98 Å². The van der Waals surface area contributed by atoms with Gasteiger partial charge in [0, 0.05) is 44.8 Å². The molecule has 0 bridgehead atoms. The van der Waals surface area contributed by atoms with Crippen molar-refractivity contribution in [3.8, 4) is 0 Å². The largest absolute Gasteiger partial charge is 0.347 e. The first kappa shape index (κ1) is 24.4. The molecule has 0 saturated carbocycles. The number of benzene rings is 2. The maximum atomic E-state index is 13.4. The summed E-state index contributed by atoms with van der Waals surface area (Å²) in [5.74, 6) is 0. The van der Waals surface area contributed by atoms with E-state index in [9.17, 15) is 8.42 Å².